The van der Waals surface area contributed by atoms with Gasteiger partial charge in [-0.1, -0.05) is 24.4 Å². The molecule has 14 heavy (non-hydrogen) atoms. The third-order valence-electron chi connectivity index (χ3n) is 1.85. The molecular weight excluding hydrogens is 184 g/mol. The van der Waals surface area contributed by atoms with Crippen LogP contribution in [0.15, 0.2) is 5.11 Å². The molecule has 0 saturated heterocycles. The van der Waals surface area contributed by atoms with Gasteiger partial charge < -0.3 is 0 Å². The molecule has 0 aromatic heterocycles. The van der Waals surface area contributed by atoms with Crippen LogP contribution in [-0.2, 0) is 4.79 Å². The second kappa shape index (κ2) is 9.83. The van der Waals surface area contributed by atoms with Crippen LogP contribution < -0.4 is 5.48 Å². The third kappa shape index (κ3) is 8.83. The van der Waals surface area contributed by atoms with Crippen LogP contribution in [0, 0.1) is 0 Å². The fourth-order valence-electron chi connectivity index (χ4n) is 1.10. The van der Waals surface area contributed by atoms with Gasteiger partial charge in [-0.3, -0.25) is 10.0 Å². The van der Waals surface area contributed by atoms with Crippen molar-refractivity contribution in [1.82, 2.24) is 5.48 Å². The third-order valence-corrected chi connectivity index (χ3v) is 1.85. The van der Waals surface area contributed by atoms with Gasteiger partial charge in [-0.05, 0) is 18.4 Å². The Labute approximate surface area is 82.9 Å². The number of azide groups is 1. The lowest BCUT2D eigenvalue weighted by Crippen LogP contribution is -2.17. The minimum Gasteiger partial charge on any atom is -0.289 e. The Hall–Kier alpha value is -1.26. The summed E-state index contributed by atoms with van der Waals surface area (Å²) in [5.74, 6) is -0.334. The van der Waals surface area contributed by atoms with E-state index < -0.39 is 0 Å². The van der Waals surface area contributed by atoms with Crippen LogP contribution in [0.2, 0.25) is 0 Å². The predicted octanol–water partition coefficient (Wildman–Crippen LogP) is 2.14. The Morgan fingerprint density at radius 2 is 1.93 bits per heavy atom. The number of nitrogens with one attached hydrogen (secondary N) is 1. The molecule has 0 aliphatic heterocycles. The van der Waals surface area contributed by atoms with Gasteiger partial charge >= 0.3 is 0 Å². The van der Waals surface area contributed by atoms with E-state index in [0.717, 1.165) is 32.1 Å². The molecule has 0 heterocycles. The normalized spacial score (nSPS) is 9.21. The summed E-state index contributed by atoms with van der Waals surface area (Å²) >= 11 is 0. The minimum atomic E-state index is -0.334. The van der Waals surface area contributed by atoms with Gasteiger partial charge in [0.15, 0.2) is 0 Å². The first kappa shape index (κ1) is 12.7. The molecule has 2 N–H and O–H groups in total. The van der Waals surface area contributed by atoms with E-state index in [9.17, 15) is 4.79 Å². The fourth-order valence-corrected chi connectivity index (χ4v) is 1.10. The highest BCUT2D eigenvalue weighted by atomic mass is 16.5. The second-order valence-corrected chi connectivity index (χ2v) is 3.01. The molecule has 1 amide bonds. The van der Waals surface area contributed by atoms with Crippen LogP contribution in [-0.4, -0.2) is 17.7 Å². The van der Waals surface area contributed by atoms with E-state index in [2.05, 4.69) is 10.0 Å². The van der Waals surface area contributed by atoms with E-state index in [1.54, 1.807) is 5.48 Å². The molecule has 0 spiro atoms. The molecule has 0 bridgehead atoms. The van der Waals surface area contributed by atoms with Crippen molar-refractivity contribution in [2.45, 2.75) is 38.5 Å². The predicted molar refractivity (Wildman–Crippen MR) is 51.6 cm³/mol. The molecule has 0 fully saturated rings. The van der Waals surface area contributed by atoms with Crippen LogP contribution in [0.25, 0.3) is 10.4 Å². The summed E-state index contributed by atoms with van der Waals surface area (Å²) in [4.78, 5) is 13.2. The lowest BCUT2D eigenvalue weighted by Gasteiger charge is -1.99. The van der Waals surface area contributed by atoms with E-state index in [4.69, 9.17) is 10.7 Å². The number of amides is 1. The van der Waals surface area contributed by atoms with E-state index >= 15 is 0 Å². The molecular formula is C8H16N4O2. The lowest BCUT2D eigenvalue weighted by atomic mass is 10.1. The number of hydrogen-bond donors (Lipinski definition) is 2. The molecule has 6 nitrogen and oxygen atoms in total. The number of unbranched alkanes of at least 4 members (excludes halogenated alkanes) is 4. The minimum absolute atomic E-state index is 0.334. The maximum Gasteiger partial charge on any atom is 0.243 e. The van der Waals surface area contributed by atoms with Crippen molar-refractivity contribution in [3.63, 3.8) is 0 Å². The van der Waals surface area contributed by atoms with Gasteiger partial charge in [-0.15, -0.1) is 0 Å². The van der Waals surface area contributed by atoms with Crippen molar-refractivity contribution >= 4 is 5.91 Å². The van der Waals surface area contributed by atoms with Crippen molar-refractivity contribution in [2.24, 2.45) is 5.11 Å². The first-order valence-corrected chi connectivity index (χ1v) is 4.75. The second-order valence-electron chi connectivity index (χ2n) is 3.01. The fraction of sp³-hybridized carbons (Fsp3) is 0.875. The molecule has 0 aliphatic carbocycles. The first-order valence-electron chi connectivity index (χ1n) is 4.75. The van der Waals surface area contributed by atoms with Gasteiger partial charge in [-0.25, -0.2) is 5.48 Å². The van der Waals surface area contributed by atoms with Crippen LogP contribution in [0.1, 0.15) is 38.5 Å². The maximum absolute atomic E-state index is 10.6. The zero-order valence-corrected chi connectivity index (χ0v) is 8.15. The smallest absolute Gasteiger partial charge is 0.243 e. The van der Waals surface area contributed by atoms with Crippen molar-refractivity contribution in [2.75, 3.05) is 6.54 Å². The summed E-state index contributed by atoms with van der Waals surface area (Å²) < 4.78 is 0. The molecule has 6 heteroatoms. The zero-order chi connectivity index (χ0) is 10.6. The monoisotopic (exact) mass is 200 g/mol. The summed E-state index contributed by atoms with van der Waals surface area (Å²) in [6.45, 7) is 0.549. The van der Waals surface area contributed by atoms with E-state index in [0.29, 0.717) is 13.0 Å². The van der Waals surface area contributed by atoms with Crippen LogP contribution in [0.4, 0.5) is 0 Å². The van der Waals surface area contributed by atoms with Gasteiger partial charge in [0.1, 0.15) is 0 Å². The van der Waals surface area contributed by atoms with Gasteiger partial charge in [0.2, 0.25) is 5.91 Å². The SMILES string of the molecule is [N-]=[N+]=NCCCCCCCC(=O)NO. The Morgan fingerprint density at radius 1 is 1.29 bits per heavy atom. The number of hydroxylamine groups is 1. The number of hydrogen-bond acceptors (Lipinski definition) is 3. The number of carbonyl (C=O) groups is 1. The van der Waals surface area contributed by atoms with Gasteiger partial charge in [0, 0.05) is 17.9 Å². The van der Waals surface area contributed by atoms with Crippen molar-refractivity contribution in [1.29, 1.82) is 0 Å². The molecule has 0 aromatic carbocycles. The first-order chi connectivity index (χ1) is 6.81. The number of carbonyl (C=O) groups excluding carboxylic acids is 1. The summed E-state index contributed by atoms with van der Waals surface area (Å²) in [7, 11) is 0. The van der Waals surface area contributed by atoms with Crippen molar-refractivity contribution in [3.05, 3.63) is 10.4 Å². The molecule has 0 rings (SSSR count). The topological polar surface area (TPSA) is 98.1 Å². The maximum atomic E-state index is 10.6. The zero-order valence-electron chi connectivity index (χ0n) is 8.15. The molecule has 0 aromatic rings. The number of nitrogens with zero attached hydrogens (tertiary/aromatic N) is 3. The van der Waals surface area contributed by atoms with Crippen molar-refractivity contribution in [3.8, 4) is 0 Å². The summed E-state index contributed by atoms with van der Waals surface area (Å²) in [6, 6.07) is 0. The van der Waals surface area contributed by atoms with Crippen LogP contribution in [0.3, 0.4) is 0 Å². The van der Waals surface area contributed by atoms with Crippen molar-refractivity contribution < 1.29 is 10.0 Å². The summed E-state index contributed by atoms with van der Waals surface area (Å²) in [5.41, 5.74) is 9.58. The molecule has 0 atom stereocenters. The Morgan fingerprint density at radius 3 is 2.57 bits per heavy atom. The summed E-state index contributed by atoms with van der Waals surface area (Å²) in [6.07, 6.45) is 5.06. The van der Waals surface area contributed by atoms with Crippen LogP contribution >= 0.6 is 0 Å². The Balaban J connectivity index is 3.06. The summed E-state index contributed by atoms with van der Waals surface area (Å²) in [5, 5.41) is 11.6. The standard InChI is InChI=1S/C8H16N4O2/c9-12-10-7-5-3-1-2-4-6-8(13)11-14/h14H,1-7H2,(H,11,13). The molecule has 0 saturated carbocycles. The largest absolute Gasteiger partial charge is 0.289 e. The highest BCUT2D eigenvalue weighted by Crippen LogP contribution is 2.05. The highest BCUT2D eigenvalue weighted by molar-refractivity contribution is 5.74. The van der Waals surface area contributed by atoms with Gasteiger partial charge in [-0.2, -0.15) is 0 Å². The lowest BCUT2D eigenvalue weighted by molar-refractivity contribution is -0.129. The van der Waals surface area contributed by atoms with Gasteiger partial charge in [0.25, 0.3) is 0 Å². The molecule has 0 unspecified atom stereocenters. The highest BCUT2D eigenvalue weighted by Gasteiger charge is 1.97. The molecule has 0 radical (unpaired) electrons. The van der Waals surface area contributed by atoms with E-state index in [1.165, 1.54) is 0 Å². The van der Waals surface area contributed by atoms with Crippen LogP contribution in [0.5, 0.6) is 0 Å². The Bertz CT molecular complexity index is 202. The molecule has 0 aliphatic rings. The average molecular weight is 200 g/mol. The van der Waals surface area contributed by atoms with E-state index in [1.807, 2.05) is 0 Å². The number of rotatable bonds is 8. The average Bonchev–Trinajstić information content (AvgIpc) is 2.21. The quantitative estimate of drug-likeness (QED) is 0.157. The van der Waals surface area contributed by atoms with Gasteiger partial charge in [0.05, 0.1) is 0 Å². The van der Waals surface area contributed by atoms with E-state index in [-0.39, 0.29) is 5.91 Å². The Kier molecular flexibility index (Phi) is 8.94. The molecule has 80 valence electrons.